The largest absolute Gasteiger partial charge is 0.422 e. The molecule has 2 aromatic rings. The fourth-order valence-corrected chi connectivity index (χ4v) is 5.71. The van der Waals surface area contributed by atoms with Crippen molar-refractivity contribution in [3.05, 3.63) is 64.7 Å². The molecule has 0 amide bonds. The number of esters is 1. The number of hydrogen-bond donors (Lipinski definition) is 0. The lowest BCUT2D eigenvalue weighted by Crippen LogP contribution is -2.14. The van der Waals surface area contributed by atoms with E-state index in [1.807, 2.05) is 24.3 Å². The highest BCUT2D eigenvalue weighted by Gasteiger charge is 2.22. The summed E-state index contributed by atoms with van der Waals surface area (Å²) in [5.41, 5.74) is 3.42. The number of carbonyl (C=O) groups excluding carboxylic acids is 1. The number of hydrogen-bond acceptors (Lipinski definition) is 3. The number of nitriles is 1. The molecule has 0 aliphatic heterocycles. The second-order valence-electron chi connectivity index (χ2n) is 11.0. The molecular formula is C34H47NO2. The second-order valence-corrected chi connectivity index (χ2v) is 11.0. The Hall–Kier alpha value is -2.60. The van der Waals surface area contributed by atoms with Crippen LogP contribution in [0.15, 0.2) is 42.5 Å². The molecule has 1 fully saturated rings. The summed E-state index contributed by atoms with van der Waals surface area (Å²) in [6.07, 6.45) is 20.5. The highest BCUT2D eigenvalue weighted by atomic mass is 16.5. The van der Waals surface area contributed by atoms with Gasteiger partial charge in [-0.05, 0) is 85.8 Å². The van der Waals surface area contributed by atoms with Crippen molar-refractivity contribution in [3.63, 3.8) is 0 Å². The monoisotopic (exact) mass is 501 g/mol. The molecule has 0 bridgehead atoms. The van der Waals surface area contributed by atoms with Crippen LogP contribution in [-0.4, -0.2) is 5.97 Å². The van der Waals surface area contributed by atoms with Crippen molar-refractivity contribution in [2.75, 3.05) is 0 Å². The van der Waals surface area contributed by atoms with Crippen LogP contribution in [0.1, 0.15) is 143 Å². The summed E-state index contributed by atoms with van der Waals surface area (Å²) < 4.78 is 5.63. The quantitative estimate of drug-likeness (QED) is 0.139. The maximum absolute atomic E-state index is 12.8. The first-order valence-corrected chi connectivity index (χ1v) is 15.0. The van der Waals surface area contributed by atoms with Crippen molar-refractivity contribution >= 4 is 5.97 Å². The van der Waals surface area contributed by atoms with Crippen LogP contribution in [0.5, 0.6) is 5.75 Å². The first-order valence-electron chi connectivity index (χ1n) is 15.0. The average molecular weight is 502 g/mol. The standard InChI is InChI=1S/C34H47NO2/c1-3-5-7-9-11-13-27-15-18-29(19-16-27)30-20-22-31(23-21-30)34(36)37-33-24-17-28(25-32(33)26-35)14-12-10-8-6-4-2/h17,20-25,27,29H,3-16,18-19H2,1-2H3. The van der Waals surface area contributed by atoms with E-state index in [-0.39, 0.29) is 0 Å². The van der Waals surface area contributed by atoms with E-state index >= 15 is 0 Å². The number of rotatable bonds is 15. The molecular weight excluding hydrogens is 454 g/mol. The maximum Gasteiger partial charge on any atom is 0.343 e. The first-order chi connectivity index (χ1) is 18.1. The van der Waals surface area contributed by atoms with E-state index in [4.69, 9.17) is 4.74 Å². The first kappa shape index (κ1) is 29.0. The Bertz CT molecular complexity index is 980. The molecule has 0 atom stereocenters. The van der Waals surface area contributed by atoms with Crippen molar-refractivity contribution in [2.45, 2.75) is 122 Å². The zero-order valence-electron chi connectivity index (χ0n) is 23.3. The molecule has 0 unspecified atom stereocenters. The van der Waals surface area contributed by atoms with Crippen LogP contribution in [0.2, 0.25) is 0 Å². The Kier molecular flexibility index (Phi) is 12.7. The van der Waals surface area contributed by atoms with Gasteiger partial charge in [-0.25, -0.2) is 4.79 Å². The fraction of sp³-hybridized carbons (Fsp3) is 0.588. The zero-order chi connectivity index (χ0) is 26.3. The van der Waals surface area contributed by atoms with Gasteiger partial charge in [0.1, 0.15) is 11.8 Å². The molecule has 2 aromatic carbocycles. The zero-order valence-corrected chi connectivity index (χ0v) is 23.3. The third-order valence-corrected chi connectivity index (χ3v) is 8.12. The van der Waals surface area contributed by atoms with E-state index in [1.54, 1.807) is 6.07 Å². The highest BCUT2D eigenvalue weighted by Crippen LogP contribution is 2.38. The van der Waals surface area contributed by atoms with Crippen LogP contribution < -0.4 is 4.74 Å². The van der Waals surface area contributed by atoms with Crippen LogP contribution in [0.3, 0.4) is 0 Å². The second kappa shape index (κ2) is 16.3. The molecule has 0 aromatic heterocycles. The predicted molar refractivity (Wildman–Crippen MR) is 153 cm³/mol. The number of ether oxygens (including phenoxy) is 1. The Morgan fingerprint density at radius 3 is 2.14 bits per heavy atom. The number of carbonyl (C=O) groups is 1. The van der Waals surface area contributed by atoms with Gasteiger partial charge < -0.3 is 4.74 Å². The molecule has 3 heteroatoms. The Balaban J connectivity index is 1.47. The van der Waals surface area contributed by atoms with E-state index < -0.39 is 5.97 Å². The van der Waals surface area contributed by atoms with Crippen LogP contribution in [0.25, 0.3) is 0 Å². The molecule has 37 heavy (non-hydrogen) atoms. The summed E-state index contributed by atoms with van der Waals surface area (Å²) in [6, 6.07) is 15.8. The van der Waals surface area contributed by atoms with E-state index in [9.17, 15) is 10.1 Å². The van der Waals surface area contributed by atoms with Gasteiger partial charge >= 0.3 is 5.97 Å². The molecule has 0 heterocycles. The maximum atomic E-state index is 12.8. The molecule has 3 rings (SSSR count). The normalized spacial score (nSPS) is 17.3. The number of unbranched alkanes of at least 4 members (excludes halogenated alkanes) is 8. The summed E-state index contributed by atoms with van der Waals surface area (Å²) in [7, 11) is 0. The summed E-state index contributed by atoms with van der Waals surface area (Å²) in [5, 5.41) is 9.61. The summed E-state index contributed by atoms with van der Waals surface area (Å²) in [6.45, 7) is 4.49. The van der Waals surface area contributed by atoms with E-state index in [2.05, 4.69) is 32.0 Å². The highest BCUT2D eigenvalue weighted by molar-refractivity contribution is 5.91. The van der Waals surface area contributed by atoms with Crippen molar-refractivity contribution in [3.8, 4) is 11.8 Å². The Labute approximate surface area is 225 Å². The molecule has 0 N–H and O–H groups in total. The van der Waals surface area contributed by atoms with Crippen molar-refractivity contribution < 1.29 is 9.53 Å². The molecule has 0 radical (unpaired) electrons. The number of nitrogens with zero attached hydrogens (tertiary/aromatic N) is 1. The van der Waals surface area contributed by atoms with Gasteiger partial charge in [-0.1, -0.05) is 96.3 Å². The minimum absolute atomic E-state index is 0.347. The van der Waals surface area contributed by atoms with Gasteiger partial charge in [0.2, 0.25) is 0 Å². The van der Waals surface area contributed by atoms with Crippen LogP contribution >= 0.6 is 0 Å². The number of aryl methyl sites for hydroxylation is 1. The average Bonchev–Trinajstić information content (AvgIpc) is 2.94. The molecule has 1 aliphatic rings. The van der Waals surface area contributed by atoms with Gasteiger partial charge in [-0.15, -0.1) is 0 Å². The number of benzene rings is 2. The minimum atomic E-state index is -0.401. The van der Waals surface area contributed by atoms with E-state index in [1.165, 1.54) is 95.5 Å². The molecule has 200 valence electrons. The lowest BCUT2D eigenvalue weighted by atomic mass is 9.77. The lowest BCUT2D eigenvalue weighted by Gasteiger charge is -2.29. The van der Waals surface area contributed by atoms with Crippen molar-refractivity contribution in [2.24, 2.45) is 5.92 Å². The molecule has 3 nitrogen and oxygen atoms in total. The SMILES string of the molecule is CCCCCCCc1ccc(OC(=O)c2ccc(C3CCC(CCCCCCC)CC3)cc2)c(C#N)c1. The van der Waals surface area contributed by atoms with Gasteiger partial charge in [0.15, 0.2) is 0 Å². The molecule has 0 spiro atoms. The smallest absolute Gasteiger partial charge is 0.343 e. The van der Waals surface area contributed by atoms with Gasteiger partial charge in [0.25, 0.3) is 0 Å². The molecule has 1 aliphatic carbocycles. The van der Waals surface area contributed by atoms with Gasteiger partial charge in [-0.3, -0.25) is 0 Å². The Morgan fingerprint density at radius 2 is 1.49 bits per heavy atom. The van der Waals surface area contributed by atoms with Gasteiger partial charge in [0.05, 0.1) is 11.1 Å². The third kappa shape index (κ3) is 9.66. The summed E-state index contributed by atoms with van der Waals surface area (Å²) in [4.78, 5) is 12.8. The van der Waals surface area contributed by atoms with Crippen molar-refractivity contribution in [1.29, 1.82) is 5.26 Å². The molecule has 0 saturated heterocycles. The van der Waals surface area contributed by atoms with Crippen LogP contribution in [0.4, 0.5) is 0 Å². The van der Waals surface area contributed by atoms with Gasteiger partial charge in [-0.2, -0.15) is 5.26 Å². The topological polar surface area (TPSA) is 50.1 Å². The molecule has 1 saturated carbocycles. The van der Waals surface area contributed by atoms with E-state index in [0.717, 1.165) is 24.3 Å². The minimum Gasteiger partial charge on any atom is -0.422 e. The summed E-state index contributed by atoms with van der Waals surface area (Å²) in [5.74, 6) is 1.44. The van der Waals surface area contributed by atoms with Gasteiger partial charge in [0, 0.05) is 0 Å². The Morgan fingerprint density at radius 1 is 0.838 bits per heavy atom. The third-order valence-electron chi connectivity index (χ3n) is 8.12. The predicted octanol–water partition coefficient (Wildman–Crippen LogP) is 9.92. The lowest BCUT2D eigenvalue weighted by molar-refractivity contribution is 0.0734. The van der Waals surface area contributed by atoms with Crippen LogP contribution in [0, 0.1) is 17.2 Å². The fourth-order valence-electron chi connectivity index (χ4n) is 5.71. The van der Waals surface area contributed by atoms with Crippen molar-refractivity contribution in [1.82, 2.24) is 0 Å². The summed E-state index contributed by atoms with van der Waals surface area (Å²) >= 11 is 0. The van der Waals surface area contributed by atoms with Crippen LogP contribution in [-0.2, 0) is 6.42 Å². The van der Waals surface area contributed by atoms with E-state index in [0.29, 0.717) is 22.8 Å².